The molecule has 2 amide bonds. The summed E-state index contributed by atoms with van der Waals surface area (Å²) in [5, 5.41) is 0. The number of piperazine rings is 1. The van der Waals surface area contributed by atoms with Gasteiger partial charge in [-0.3, -0.25) is 4.79 Å². The summed E-state index contributed by atoms with van der Waals surface area (Å²) < 4.78 is 10.3. The number of methoxy groups -OCH3 is 1. The van der Waals surface area contributed by atoms with E-state index in [-0.39, 0.29) is 18.6 Å². The molecule has 0 aromatic heterocycles. The van der Waals surface area contributed by atoms with Crippen molar-refractivity contribution in [3.05, 3.63) is 29.3 Å². The van der Waals surface area contributed by atoms with E-state index in [2.05, 4.69) is 4.74 Å². The third kappa shape index (κ3) is 3.90. The molecule has 1 heterocycles. The molecule has 0 radical (unpaired) electrons. The Morgan fingerprint density at radius 3 is 2.32 bits per heavy atom. The van der Waals surface area contributed by atoms with Crippen LogP contribution in [-0.2, 0) is 9.53 Å². The first kappa shape index (κ1) is 16.1. The zero-order valence-corrected chi connectivity index (χ0v) is 13.3. The highest BCUT2D eigenvalue weighted by Crippen LogP contribution is 2.18. The molecular formula is C16H22N2O4. The lowest BCUT2D eigenvalue weighted by Gasteiger charge is -2.33. The smallest absolute Gasteiger partial charge is 0.409 e. The van der Waals surface area contributed by atoms with E-state index in [0.29, 0.717) is 26.2 Å². The van der Waals surface area contributed by atoms with Gasteiger partial charge in [-0.25, -0.2) is 4.79 Å². The molecule has 0 unspecified atom stereocenters. The summed E-state index contributed by atoms with van der Waals surface area (Å²) in [6.07, 6.45) is -0.348. The zero-order valence-electron chi connectivity index (χ0n) is 13.3. The molecule has 0 atom stereocenters. The predicted octanol–water partition coefficient (Wildman–Crippen LogP) is 1.59. The Labute approximate surface area is 130 Å². The summed E-state index contributed by atoms with van der Waals surface area (Å²) in [7, 11) is 1.36. The first-order valence-corrected chi connectivity index (χ1v) is 7.32. The molecule has 6 heteroatoms. The second-order valence-corrected chi connectivity index (χ2v) is 5.40. The molecule has 22 heavy (non-hydrogen) atoms. The van der Waals surface area contributed by atoms with E-state index in [9.17, 15) is 9.59 Å². The maximum atomic E-state index is 12.2. The molecule has 120 valence electrons. The van der Waals surface area contributed by atoms with E-state index in [1.54, 1.807) is 9.80 Å². The van der Waals surface area contributed by atoms with Crippen LogP contribution in [-0.4, -0.2) is 61.7 Å². The number of aryl methyl sites for hydroxylation is 2. The molecule has 0 N–H and O–H groups in total. The van der Waals surface area contributed by atoms with Gasteiger partial charge in [0.2, 0.25) is 0 Å². The minimum atomic E-state index is -0.348. The average Bonchev–Trinajstić information content (AvgIpc) is 2.53. The Morgan fingerprint density at radius 1 is 1.09 bits per heavy atom. The Balaban J connectivity index is 1.82. The number of hydrogen-bond acceptors (Lipinski definition) is 4. The first-order valence-electron chi connectivity index (χ1n) is 7.32. The number of benzene rings is 1. The minimum Gasteiger partial charge on any atom is -0.484 e. The lowest BCUT2D eigenvalue weighted by molar-refractivity contribution is -0.134. The van der Waals surface area contributed by atoms with Gasteiger partial charge >= 0.3 is 6.09 Å². The second kappa shape index (κ2) is 7.15. The summed E-state index contributed by atoms with van der Waals surface area (Å²) in [5.41, 5.74) is 2.18. The monoisotopic (exact) mass is 306 g/mol. The van der Waals surface area contributed by atoms with Gasteiger partial charge in [-0.1, -0.05) is 17.7 Å². The Kier molecular flexibility index (Phi) is 5.25. The van der Waals surface area contributed by atoms with Crippen molar-refractivity contribution in [3.8, 4) is 5.75 Å². The Bertz CT molecular complexity index is 551. The lowest BCUT2D eigenvalue weighted by Crippen LogP contribution is -2.51. The van der Waals surface area contributed by atoms with Crippen LogP contribution in [0.5, 0.6) is 5.75 Å². The van der Waals surface area contributed by atoms with Crippen molar-refractivity contribution in [1.82, 2.24) is 9.80 Å². The Morgan fingerprint density at radius 2 is 1.73 bits per heavy atom. The molecular weight excluding hydrogens is 284 g/mol. The van der Waals surface area contributed by atoms with Gasteiger partial charge in [0.05, 0.1) is 7.11 Å². The number of nitrogens with zero attached hydrogens (tertiary/aromatic N) is 2. The standard InChI is InChI=1S/C16H22N2O4/c1-12-4-5-14(13(2)10-12)22-11-15(19)17-6-8-18(9-7-17)16(20)21-3/h4-5,10H,6-9,11H2,1-3H3. The fraction of sp³-hybridized carbons (Fsp3) is 0.500. The highest BCUT2D eigenvalue weighted by molar-refractivity contribution is 5.78. The van der Waals surface area contributed by atoms with Gasteiger partial charge in [-0.15, -0.1) is 0 Å². The summed E-state index contributed by atoms with van der Waals surface area (Å²) in [4.78, 5) is 26.9. The van der Waals surface area contributed by atoms with Crippen LogP contribution < -0.4 is 4.74 Å². The number of rotatable bonds is 3. The molecule has 0 saturated carbocycles. The third-order valence-corrected chi connectivity index (χ3v) is 3.75. The average molecular weight is 306 g/mol. The van der Waals surface area contributed by atoms with Crippen molar-refractivity contribution >= 4 is 12.0 Å². The lowest BCUT2D eigenvalue weighted by atomic mass is 10.1. The fourth-order valence-electron chi connectivity index (χ4n) is 2.46. The number of amides is 2. The molecule has 1 aliphatic heterocycles. The van der Waals surface area contributed by atoms with Crippen LogP contribution in [0.2, 0.25) is 0 Å². The van der Waals surface area contributed by atoms with Gasteiger partial charge in [0.1, 0.15) is 5.75 Å². The predicted molar refractivity (Wildman–Crippen MR) is 82.0 cm³/mol. The quantitative estimate of drug-likeness (QED) is 0.851. The summed E-state index contributed by atoms with van der Waals surface area (Å²) >= 11 is 0. The fourth-order valence-corrected chi connectivity index (χ4v) is 2.46. The maximum absolute atomic E-state index is 12.2. The number of ether oxygens (including phenoxy) is 2. The molecule has 0 aliphatic carbocycles. The van der Waals surface area contributed by atoms with Crippen LogP contribution in [0.1, 0.15) is 11.1 Å². The minimum absolute atomic E-state index is 0.0160. The molecule has 1 saturated heterocycles. The zero-order chi connectivity index (χ0) is 16.1. The van der Waals surface area contributed by atoms with Gasteiger partial charge in [0, 0.05) is 26.2 Å². The molecule has 0 bridgehead atoms. The van der Waals surface area contributed by atoms with Crippen molar-refractivity contribution in [3.63, 3.8) is 0 Å². The molecule has 0 spiro atoms. The van der Waals surface area contributed by atoms with Crippen molar-refractivity contribution in [2.75, 3.05) is 39.9 Å². The van der Waals surface area contributed by atoms with E-state index >= 15 is 0 Å². The normalized spacial score (nSPS) is 14.7. The van der Waals surface area contributed by atoms with Crippen LogP contribution >= 0.6 is 0 Å². The summed E-state index contributed by atoms with van der Waals surface area (Å²) in [5.74, 6) is 0.664. The van der Waals surface area contributed by atoms with E-state index in [0.717, 1.165) is 16.9 Å². The van der Waals surface area contributed by atoms with Gasteiger partial charge in [-0.2, -0.15) is 0 Å². The number of hydrogen-bond donors (Lipinski definition) is 0. The topological polar surface area (TPSA) is 59.1 Å². The summed E-state index contributed by atoms with van der Waals surface area (Å²) in [6.45, 7) is 5.98. The van der Waals surface area contributed by atoms with Gasteiger partial charge < -0.3 is 19.3 Å². The van der Waals surface area contributed by atoms with E-state index in [1.807, 2.05) is 32.0 Å². The molecule has 1 aliphatic rings. The summed E-state index contributed by atoms with van der Waals surface area (Å²) in [6, 6.07) is 5.87. The molecule has 1 fully saturated rings. The van der Waals surface area contributed by atoms with Crippen molar-refractivity contribution in [2.24, 2.45) is 0 Å². The molecule has 1 aromatic carbocycles. The van der Waals surface area contributed by atoms with Gasteiger partial charge in [0.25, 0.3) is 5.91 Å². The highest BCUT2D eigenvalue weighted by atomic mass is 16.5. The SMILES string of the molecule is COC(=O)N1CCN(C(=O)COc2ccc(C)cc2C)CC1. The molecule has 2 rings (SSSR count). The molecule has 6 nitrogen and oxygen atoms in total. The van der Waals surface area contributed by atoms with E-state index < -0.39 is 0 Å². The van der Waals surface area contributed by atoms with Crippen LogP contribution in [0.25, 0.3) is 0 Å². The Hall–Kier alpha value is -2.24. The van der Waals surface area contributed by atoms with Gasteiger partial charge in [0.15, 0.2) is 6.61 Å². The number of carbonyl (C=O) groups is 2. The number of carbonyl (C=O) groups excluding carboxylic acids is 2. The van der Waals surface area contributed by atoms with Crippen LogP contribution in [0.3, 0.4) is 0 Å². The van der Waals surface area contributed by atoms with Crippen LogP contribution in [0.15, 0.2) is 18.2 Å². The maximum Gasteiger partial charge on any atom is 0.409 e. The second-order valence-electron chi connectivity index (χ2n) is 5.40. The van der Waals surface area contributed by atoms with Crippen LogP contribution in [0, 0.1) is 13.8 Å². The van der Waals surface area contributed by atoms with Crippen LogP contribution in [0.4, 0.5) is 4.79 Å². The van der Waals surface area contributed by atoms with Crippen molar-refractivity contribution < 1.29 is 19.1 Å². The van der Waals surface area contributed by atoms with E-state index in [4.69, 9.17) is 4.74 Å². The van der Waals surface area contributed by atoms with E-state index in [1.165, 1.54) is 7.11 Å². The van der Waals surface area contributed by atoms with Crippen molar-refractivity contribution in [2.45, 2.75) is 13.8 Å². The highest BCUT2D eigenvalue weighted by Gasteiger charge is 2.24. The first-order chi connectivity index (χ1) is 10.5. The largest absolute Gasteiger partial charge is 0.484 e. The molecule has 1 aromatic rings. The van der Waals surface area contributed by atoms with Gasteiger partial charge in [-0.05, 0) is 25.5 Å². The van der Waals surface area contributed by atoms with Crippen molar-refractivity contribution in [1.29, 1.82) is 0 Å². The third-order valence-electron chi connectivity index (χ3n) is 3.75.